The van der Waals surface area contributed by atoms with Crippen LogP contribution < -0.4 is 10.5 Å². The van der Waals surface area contributed by atoms with Crippen LogP contribution in [0.3, 0.4) is 0 Å². The first-order valence-corrected chi connectivity index (χ1v) is 9.09. The Balaban J connectivity index is 2.02. The molecule has 0 radical (unpaired) electrons. The number of nitrogens with two attached hydrogens (primary N) is 1. The van der Waals surface area contributed by atoms with Gasteiger partial charge in [0.15, 0.2) is 0 Å². The number of fused-ring (bicyclic) bond motifs is 3. The molecule has 0 aromatic heterocycles. The zero-order chi connectivity index (χ0) is 19.0. The minimum Gasteiger partial charge on any atom is -0.462 e. The van der Waals surface area contributed by atoms with E-state index in [1.54, 1.807) is 13.0 Å². The van der Waals surface area contributed by atoms with E-state index in [2.05, 4.69) is 0 Å². The van der Waals surface area contributed by atoms with Crippen LogP contribution in [0.4, 0.5) is 0 Å². The Kier molecular flexibility index (Phi) is 4.50. The lowest BCUT2D eigenvalue weighted by Crippen LogP contribution is -2.27. The molecule has 2 N–H and O–H groups in total. The van der Waals surface area contributed by atoms with Crippen LogP contribution in [0.15, 0.2) is 72.1 Å². The Hall–Kier alpha value is -2.98. The van der Waals surface area contributed by atoms with E-state index in [9.17, 15) is 4.79 Å². The van der Waals surface area contributed by atoms with Gasteiger partial charge in [0.1, 0.15) is 11.3 Å². The van der Waals surface area contributed by atoms with Crippen molar-refractivity contribution in [1.29, 1.82) is 0 Å². The van der Waals surface area contributed by atoms with Crippen molar-refractivity contribution in [3.63, 3.8) is 0 Å². The Morgan fingerprint density at radius 1 is 1.15 bits per heavy atom. The van der Waals surface area contributed by atoms with E-state index in [1.165, 1.54) is 0 Å². The topological polar surface area (TPSA) is 61.5 Å². The average molecular weight is 380 g/mol. The van der Waals surface area contributed by atoms with Crippen LogP contribution in [0.2, 0.25) is 5.02 Å². The largest absolute Gasteiger partial charge is 0.462 e. The lowest BCUT2D eigenvalue weighted by molar-refractivity contribution is -0.139. The number of halogens is 1. The first-order chi connectivity index (χ1) is 13.1. The molecule has 3 aromatic rings. The van der Waals surface area contributed by atoms with Crippen molar-refractivity contribution in [3.05, 3.63) is 88.3 Å². The Labute approximate surface area is 162 Å². The highest BCUT2D eigenvalue weighted by Gasteiger charge is 2.36. The van der Waals surface area contributed by atoms with Gasteiger partial charge in [-0.25, -0.2) is 4.79 Å². The van der Waals surface area contributed by atoms with Crippen LogP contribution in [0.5, 0.6) is 5.75 Å². The standard InChI is InChI=1S/C22H18ClNO3/c1-2-26-22(25)20-18(14-7-5-8-15(23)12-14)19-16-9-4-3-6-13(16)10-11-17(19)27-21(20)24/h3-12,18H,2,24H2,1H3. The second-order valence-corrected chi connectivity index (χ2v) is 6.72. The van der Waals surface area contributed by atoms with E-state index in [4.69, 9.17) is 26.8 Å². The van der Waals surface area contributed by atoms with Crippen LogP contribution in [0.25, 0.3) is 10.8 Å². The fourth-order valence-electron chi connectivity index (χ4n) is 3.57. The summed E-state index contributed by atoms with van der Waals surface area (Å²) in [5.41, 5.74) is 8.19. The second kappa shape index (κ2) is 6.97. The van der Waals surface area contributed by atoms with Crippen molar-refractivity contribution in [3.8, 4) is 5.75 Å². The molecule has 0 saturated heterocycles. The SMILES string of the molecule is CCOC(=O)C1=C(N)Oc2ccc3ccccc3c2C1c1cccc(Cl)c1. The zero-order valence-electron chi connectivity index (χ0n) is 14.7. The zero-order valence-corrected chi connectivity index (χ0v) is 15.5. The molecule has 1 aliphatic heterocycles. The van der Waals surface area contributed by atoms with E-state index in [0.717, 1.165) is 21.9 Å². The summed E-state index contributed by atoms with van der Waals surface area (Å²) in [5, 5.41) is 2.63. The third-order valence-electron chi connectivity index (χ3n) is 4.67. The van der Waals surface area contributed by atoms with E-state index in [0.29, 0.717) is 16.3 Å². The Morgan fingerprint density at radius 3 is 2.74 bits per heavy atom. The van der Waals surface area contributed by atoms with E-state index in [1.807, 2.05) is 54.6 Å². The summed E-state index contributed by atoms with van der Waals surface area (Å²) < 4.78 is 11.1. The van der Waals surface area contributed by atoms with Gasteiger partial charge in [-0.1, -0.05) is 54.1 Å². The van der Waals surface area contributed by atoms with Gasteiger partial charge in [0.25, 0.3) is 0 Å². The highest BCUT2D eigenvalue weighted by molar-refractivity contribution is 6.30. The van der Waals surface area contributed by atoms with Gasteiger partial charge in [0, 0.05) is 10.6 Å². The van der Waals surface area contributed by atoms with Crippen LogP contribution >= 0.6 is 11.6 Å². The maximum absolute atomic E-state index is 12.7. The second-order valence-electron chi connectivity index (χ2n) is 6.29. The summed E-state index contributed by atoms with van der Waals surface area (Å²) in [7, 11) is 0. The van der Waals surface area contributed by atoms with Gasteiger partial charge < -0.3 is 15.2 Å². The fourth-order valence-corrected chi connectivity index (χ4v) is 3.77. The molecule has 0 bridgehead atoms. The number of ether oxygens (including phenoxy) is 2. The van der Waals surface area contributed by atoms with E-state index in [-0.39, 0.29) is 12.5 Å². The lowest BCUT2D eigenvalue weighted by Gasteiger charge is -2.29. The summed E-state index contributed by atoms with van der Waals surface area (Å²) >= 11 is 6.24. The Morgan fingerprint density at radius 2 is 1.96 bits per heavy atom. The highest BCUT2D eigenvalue weighted by Crippen LogP contribution is 2.46. The van der Waals surface area contributed by atoms with Crippen LogP contribution in [-0.4, -0.2) is 12.6 Å². The van der Waals surface area contributed by atoms with E-state index < -0.39 is 11.9 Å². The van der Waals surface area contributed by atoms with Gasteiger partial charge in [-0.3, -0.25) is 0 Å². The molecular formula is C22H18ClNO3. The van der Waals surface area contributed by atoms with Crippen molar-refractivity contribution in [2.24, 2.45) is 5.73 Å². The van der Waals surface area contributed by atoms with Crippen molar-refractivity contribution in [2.45, 2.75) is 12.8 Å². The molecule has 27 heavy (non-hydrogen) atoms. The van der Waals surface area contributed by atoms with Crippen LogP contribution in [0.1, 0.15) is 24.0 Å². The van der Waals surface area contributed by atoms with Gasteiger partial charge in [-0.15, -0.1) is 0 Å². The summed E-state index contributed by atoms with van der Waals surface area (Å²) in [6.45, 7) is 2.01. The first kappa shape index (κ1) is 17.4. The molecule has 1 unspecified atom stereocenters. The minimum atomic E-state index is -0.487. The molecular weight excluding hydrogens is 362 g/mol. The van der Waals surface area contributed by atoms with Gasteiger partial charge in [0.2, 0.25) is 5.88 Å². The summed E-state index contributed by atoms with van der Waals surface area (Å²) in [6.07, 6.45) is 0. The van der Waals surface area contributed by atoms with Crippen LogP contribution in [-0.2, 0) is 9.53 Å². The highest BCUT2D eigenvalue weighted by atomic mass is 35.5. The lowest BCUT2D eigenvalue weighted by atomic mass is 9.80. The number of carbonyl (C=O) groups is 1. The normalized spacial score (nSPS) is 16.0. The molecule has 1 aliphatic rings. The fraction of sp³-hybridized carbons (Fsp3) is 0.136. The van der Waals surface area contributed by atoms with Crippen molar-refractivity contribution < 1.29 is 14.3 Å². The molecule has 0 amide bonds. The monoisotopic (exact) mass is 379 g/mol. The van der Waals surface area contributed by atoms with E-state index >= 15 is 0 Å². The van der Waals surface area contributed by atoms with Gasteiger partial charge in [-0.05, 0) is 41.5 Å². The summed E-state index contributed by atoms with van der Waals surface area (Å²) in [4.78, 5) is 12.7. The maximum atomic E-state index is 12.7. The third kappa shape index (κ3) is 3.02. The molecule has 4 rings (SSSR count). The third-order valence-corrected chi connectivity index (χ3v) is 4.91. The smallest absolute Gasteiger partial charge is 0.340 e. The summed E-state index contributed by atoms with van der Waals surface area (Å²) in [5.74, 6) is -0.235. The number of rotatable bonds is 3. The van der Waals surface area contributed by atoms with Gasteiger partial charge in [-0.2, -0.15) is 0 Å². The number of benzene rings is 3. The Bertz CT molecular complexity index is 1070. The molecule has 3 aromatic carbocycles. The maximum Gasteiger partial charge on any atom is 0.340 e. The molecule has 136 valence electrons. The predicted octanol–water partition coefficient (Wildman–Crippen LogP) is 4.75. The summed E-state index contributed by atoms with van der Waals surface area (Å²) in [6, 6.07) is 19.3. The molecule has 0 aliphatic carbocycles. The van der Waals surface area contributed by atoms with Crippen molar-refractivity contribution >= 4 is 28.3 Å². The minimum absolute atomic E-state index is 0.0567. The number of carbonyl (C=O) groups excluding carboxylic acids is 1. The first-order valence-electron chi connectivity index (χ1n) is 8.72. The van der Waals surface area contributed by atoms with Crippen LogP contribution in [0, 0.1) is 0 Å². The molecule has 0 saturated carbocycles. The number of hydrogen-bond acceptors (Lipinski definition) is 4. The molecule has 5 heteroatoms. The van der Waals surface area contributed by atoms with Crippen molar-refractivity contribution in [1.82, 2.24) is 0 Å². The molecule has 1 atom stereocenters. The quantitative estimate of drug-likeness (QED) is 0.667. The molecule has 0 spiro atoms. The van der Waals surface area contributed by atoms with Gasteiger partial charge >= 0.3 is 5.97 Å². The molecule has 0 fully saturated rings. The average Bonchev–Trinajstić information content (AvgIpc) is 2.66. The molecule has 4 nitrogen and oxygen atoms in total. The van der Waals surface area contributed by atoms with Gasteiger partial charge in [0.05, 0.1) is 12.5 Å². The predicted molar refractivity (Wildman–Crippen MR) is 106 cm³/mol. The van der Waals surface area contributed by atoms with Crippen molar-refractivity contribution in [2.75, 3.05) is 6.61 Å². The number of esters is 1. The molecule has 1 heterocycles. The number of hydrogen-bond donors (Lipinski definition) is 1.